The molecule has 0 saturated heterocycles. The summed E-state index contributed by atoms with van der Waals surface area (Å²) in [5.41, 5.74) is 0. The van der Waals surface area contributed by atoms with Gasteiger partial charge in [0.1, 0.15) is 12.4 Å². The van der Waals surface area contributed by atoms with Crippen molar-refractivity contribution in [2.45, 2.75) is 39.7 Å². The van der Waals surface area contributed by atoms with Crippen LogP contribution in [0.2, 0.25) is 0 Å². The average Bonchev–Trinajstić information content (AvgIpc) is 2.81. The second-order valence-corrected chi connectivity index (χ2v) is 4.58. The van der Waals surface area contributed by atoms with E-state index < -0.39 is 0 Å². The molecule has 1 unspecified atom stereocenters. The lowest BCUT2D eigenvalue weighted by atomic mass is 10.1. The van der Waals surface area contributed by atoms with Crippen LogP contribution in [0.1, 0.15) is 38.9 Å². The fraction of sp³-hybridized carbons (Fsp3) is 0.714. The van der Waals surface area contributed by atoms with E-state index in [1.54, 1.807) is 6.26 Å². The number of hydrogen-bond acceptors (Lipinski definition) is 3. The Morgan fingerprint density at radius 2 is 2.35 bits per heavy atom. The van der Waals surface area contributed by atoms with E-state index in [4.69, 9.17) is 9.15 Å². The molecule has 0 bridgehead atoms. The first-order valence-electron chi connectivity index (χ1n) is 6.63. The number of nitrogens with one attached hydrogen (secondary N) is 1. The van der Waals surface area contributed by atoms with Gasteiger partial charge < -0.3 is 14.5 Å². The highest BCUT2D eigenvalue weighted by molar-refractivity contribution is 4.95. The van der Waals surface area contributed by atoms with Crippen LogP contribution in [0.25, 0.3) is 0 Å². The average molecular weight is 239 g/mol. The molecule has 1 N–H and O–H groups in total. The van der Waals surface area contributed by atoms with Gasteiger partial charge in [-0.1, -0.05) is 20.3 Å². The molecule has 0 amide bonds. The van der Waals surface area contributed by atoms with Crippen molar-refractivity contribution in [3.05, 3.63) is 24.2 Å². The van der Waals surface area contributed by atoms with Gasteiger partial charge in [-0.15, -0.1) is 0 Å². The number of hydrogen-bond donors (Lipinski definition) is 1. The minimum Gasteiger partial charge on any atom is -0.467 e. The zero-order chi connectivity index (χ0) is 12.3. The molecular weight excluding hydrogens is 214 g/mol. The van der Waals surface area contributed by atoms with Crippen LogP contribution in [0, 0.1) is 5.92 Å². The molecular formula is C14H25NO2. The molecule has 3 nitrogen and oxygen atoms in total. The predicted octanol–water partition coefficient (Wildman–Crippen LogP) is 3.21. The quantitative estimate of drug-likeness (QED) is 0.637. The first kappa shape index (κ1) is 14.3. The lowest BCUT2D eigenvalue weighted by Crippen LogP contribution is -2.23. The molecule has 98 valence electrons. The Morgan fingerprint density at radius 1 is 1.47 bits per heavy atom. The van der Waals surface area contributed by atoms with E-state index in [0.29, 0.717) is 6.61 Å². The van der Waals surface area contributed by atoms with Gasteiger partial charge in [0.15, 0.2) is 0 Å². The SMILES string of the molecule is CCCC(C)CNCCCOCc1ccco1. The van der Waals surface area contributed by atoms with Crippen LogP contribution < -0.4 is 5.32 Å². The van der Waals surface area contributed by atoms with Gasteiger partial charge >= 0.3 is 0 Å². The van der Waals surface area contributed by atoms with Gasteiger partial charge in [-0.25, -0.2) is 0 Å². The lowest BCUT2D eigenvalue weighted by molar-refractivity contribution is 0.104. The maximum atomic E-state index is 5.50. The lowest BCUT2D eigenvalue weighted by Gasteiger charge is -2.11. The van der Waals surface area contributed by atoms with Crippen LogP contribution in [0.15, 0.2) is 22.8 Å². The van der Waals surface area contributed by atoms with E-state index >= 15 is 0 Å². The monoisotopic (exact) mass is 239 g/mol. The summed E-state index contributed by atoms with van der Waals surface area (Å²) >= 11 is 0. The molecule has 1 rings (SSSR count). The zero-order valence-electron chi connectivity index (χ0n) is 11.1. The van der Waals surface area contributed by atoms with E-state index in [-0.39, 0.29) is 0 Å². The van der Waals surface area contributed by atoms with Crippen molar-refractivity contribution < 1.29 is 9.15 Å². The maximum Gasteiger partial charge on any atom is 0.129 e. The molecule has 1 atom stereocenters. The third-order valence-corrected chi connectivity index (χ3v) is 2.74. The van der Waals surface area contributed by atoms with Crippen LogP contribution in [0.4, 0.5) is 0 Å². The van der Waals surface area contributed by atoms with Gasteiger partial charge in [0.25, 0.3) is 0 Å². The van der Waals surface area contributed by atoms with Crippen LogP contribution >= 0.6 is 0 Å². The standard InChI is InChI=1S/C14H25NO2/c1-3-6-13(2)11-15-8-5-9-16-12-14-7-4-10-17-14/h4,7,10,13,15H,3,5-6,8-9,11-12H2,1-2H3. The Morgan fingerprint density at radius 3 is 3.06 bits per heavy atom. The summed E-state index contributed by atoms with van der Waals surface area (Å²) in [6.45, 7) is 8.05. The van der Waals surface area contributed by atoms with E-state index in [0.717, 1.165) is 37.8 Å². The summed E-state index contributed by atoms with van der Waals surface area (Å²) in [5, 5.41) is 3.46. The molecule has 1 aromatic heterocycles. The molecule has 0 saturated carbocycles. The Hall–Kier alpha value is -0.800. The van der Waals surface area contributed by atoms with Crippen molar-refractivity contribution in [3.63, 3.8) is 0 Å². The first-order valence-corrected chi connectivity index (χ1v) is 6.63. The second kappa shape index (κ2) is 9.25. The molecule has 0 aliphatic heterocycles. The van der Waals surface area contributed by atoms with Crippen molar-refractivity contribution in [3.8, 4) is 0 Å². The van der Waals surface area contributed by atoms with E-state index in [9.17, 15) is 0 Å². The van der Waals surface area contributed by atoms with Crippen molar-refractivity contribution in [2.75, 3.05) is 19.7 Å². The molecule has 0 fully saturated rings. The summed E-state index contributed by atoms with van der Waals surface area (Å²) in [4.78, 5) is 0. The van der Waals surface area contributed by atoms with Crippen LogP contribution in [-0.4, -0.2) is 19.7 Å². The van der Waals surface area contributed by atoms with Crippen molar-refractivity contribution in [1.29, 1.82) is 0 Å². The smallest absolute Gasteiger partial charge is 0.129 e. The highest BCUT2D eigenvalue weighted by Crippen LogP contribution is 2.03. The number of rotatable bonds is 10. The summed E-state index contributed by atoms with van der Waals surface area (Å²) in [7, 11) is 0. The fourth-order valence-corrected chi connectivity index (χ4v) is 1.81. The van der Waals surface area contributed by atoms with Crippen molar-refractivity contribution >= 4 is 0 Å². The van der Waals surface area contributed by atoms with Crippen molar-refractivity contribution in [2.24, 2.45) is 5.92 Å². The molecule has 0 aromatic carbocycles. The minimum absolute atomic E-state index is 0.583. The summed E-state index contributed by atoms with van der Waals surface area (Å²) in [5.74, 6) is 1.68. The molecule has 1 heterocycles. The van der Waals surface area contributed by atoms with Crippen LogP contribution in [-0.2, 0) is 11.3 Å². The zero-order valence-corrected chi connectivity index (χ0v) is 11.1. The maximum absolute atomic E-state index is 5.50. The molecule has 17 heavy (non-hydrogen) atoms. The Labute approximate surface area is 105 Å². The Kier molecular flexibility index (Phi) is 7.76. The van der Waals surface area contributed by atoms with E-state index in [1.165, 1.54) is 12.8 Å². The number of ether oxygens (including phenoxy) is 1. The van der Waals surface area contributed by atoms with Crippen molar-refractivity contribution in [1.82, 2.24) is 5.32 Å². The molecule has 0 radical (unpaired) electrons. The Balaban J connectivity index is 1.84. The highest BCUT2D eigenvalue weighted by atomic mass is 16.5. The third-order valence-electron chi connectivity index (χ3n) is 2.74. The van der Waals surface area contributed by atoms with Crippen LogP contribution in [0.3, 0.4) is 0 Å². The largest absolute Gasteiger partial charge is 0.467 e. The van der Waals surface area contributed by atoms with Gasteiger partial charge in [-0.2, -0.15) is 0 Å². The number of furan rings is 1. The first-order chi connectivity index (χ1) is 8.33. The third kappa shape index (κ3) is 7.18. The molecule has 0 spiro atoms. The highest BCUT2D eigenvalue weighted by Gasteiger charge is 1.99. The second-order valence-electron chi connectivity index (χ2n) is 4.58. The van der Waals surface area contributed by atoms with Gasteiger partial charge in [0, 0.05) is 6.61 Å². The molecule has 3 heteroatoms. The predicted molar refractivity (Wildman–Crippen MR) is 69.9 cm³/mol. The summed E-state index contributed by atoms with van der Waals surface area (Å²) in [6.07, 6.45) is 5.31. The molecule has 0 aliphatic rings. The van der Waals surface area contributed by atoms with E-state index in [1.807, 2.05) is 12.1 Å². The summed E-state index contributed by atoms with van der Waals surface area (Å²) in [6, 6.07) is 3.82. The normalized spacial score (nSPS) is 12.8. The fourth-order valence-electron chi connectivity index (χ4n) is 1.81. The van der Waals surface area contributed by atoms with Crippen LogP contribution in [0.5, 0.6) is 0 Å². The minimum atomic E-state index is 0.583. The van der Waals surface area contributed by atoms with Gasteiger partial charge in [0.05, 0.1) is 6.26 Å². The molecule has 1 aromatic rings. The topological polar surface area (TPSA) is 34.4 Å². The Bertz CT molecular complexity index is 259. The van der Waals surface area contributed by atoms with E-state index in [2.05, 4.69) is 19.2 Å². The molecule has 0 aliphatic carbocycles. The van der Waals surface area contributed by atoms with Gasteiger partial charge in [-0.05, 0) is 44.0 Å². The van der Waals surface area contributed by atoms with Gasteiger partial charge in [0.2, 0.25) is 0 Å². The van der Waals surface area contributed by atoms with Gasteiger partial charge in [-0.3, -0.25) is 0 Å². The summed E-state index contributed by atoms with van der Waals surface area (Å²) < 4.78 is 10.7.